The van der Waals surface area contributed by atoms with Crippen molar-refractivity contribution >= 4 is 6.29 Å². The van der Waals surface area contributed by atoms with E-state index >= 15 is 0 Å². The second-order valence-corrected chi connectivity index (χ2v) is 5.93. The SMILES string of the molecule is C#CCOCCC(C)(C)OCCC(C)(C)OCCC=O. The van der Waals surface area contributed by atoms with Gasteiger partial charge in [-0.2, -0.15) is 0 Å². The Morgan fingerprint density at radius 1 is 1.00 bits per heavy atom. The third-order valence-corrected chi connectivity index (χ3v) is 2.96. The second-order valence-electron chi connectivity index (χ2n) is 5.93. The van der Waals surface area contributed by atoms with Crippen molar-refractivity contribution in [2.24, 2.45) is 0 Å². The Morgan fingerprint density at radius 3 is 2.10 bits per heavy atom. The monoisotopic (exact) mass is 284 g/mol. The van der Waals surface area contributed by atoms with Gasteiger partial charge in [-0.15, -0.1) is 6.42 Å². The first kappa shape index (κ1) is 19.1. The average molecular weight is 284 g/mol. The van der Waals surface area contributed by atoms with Gasteiger partial charge in [0.2, 0.25) is 0 Å². The Bertz CT molecular complexity index is 302. The molecule has 0 atom stereocenters. The Morgan fingerprint density at radius 2 is 1.55 bits per heavy atom. The summed E-state index contributed by atoms with van der Waals surface area (Å²) in [5.74, 6) is 2.44. The van der Waals surface area contributed by atoms with Crippen LogP contribution < -0.4 is 0 Å². The van der Waals surface area contributed by atoms with E-state index in [9.17, 15) is 4.79 Å². The third kappa shape index (κ3) is 11.0. The molecule has 0 aromatic rings. The Kier molecular flexibility index (Phi) is 9.49. The van der Waals surface area contributed by atoms with Crippen molar-refractivity contribution in [3.63, 3.8) is 0 Å². The number of hydrogen-bond donors (Lipinski definition) is 0. The highest BCUT2D eigenvalue weighted by molar-refractivity contribution is 5.49. The van der Waals surface area contributed by atoms with Gasteiger partial charge in [0, 0.05) is 6.42 Å². The lowest BCUT2D eigenvalue weighted by molar-refractivity contribution is -0.111. The van der Waals surface area contributed by atoms with Crippen LogP contribution in [0.5, 0.6) is 0 Å². The van der Waals surface area contributed by atoms with Gasteiger partial charge < -0.3 is 19.0 Å². The highest BCUT2D eigenvalue weighted by Gasteiger charge is 2.22. The molecule has 0 bridgehead atoms. The van der Waals surface area contributed by atoms with E-state index in [-0.39, 0.29) is 11.2 Å². The molecule has 0 unspecified atom stereocenters. The predicted molar refractivity (Wildman–Crippen MR) is 79.6 cm³/mol. The van der Waals surface area contributed by atoms with Gasteiger partial charge in [0.05, 0.1) is 31.0 Å². The summed E-state index contributed by atoms with van der Waals surface area (Å²) in [6.45, 7) is 10.1. The summed E-state index contributed by atoms with van der Waals surface area (Å²) in [5.41, 5.74) is -0.521. The molecule has 0 fully saturated rings. The minimum atomic E-state index is -0.279. The molecule has 20 heavy (non-hydrogen) atoms. The van der Waals surface area contributed by atoms with Gasteiger partial charge >= 0.3 is 0 Å². The van der Waals surface area contributed by atoms with Crippen LogP contribution in [0.25, 0.3) is 0 Å². The van der Waals surface area contributed by atoms with Crippen LogP contribution in [0.4, 0.5) is 0 Å². The Hall–Kier alpha value is -0.890. The number of carbonyl (C=O) groups excluding carboxylic acids is 1. The third-order valence-electron chi connectivity index (χ3n) is 2.96. The molecule has 0 radical (unpaired) electrons. The van der Waals surface area contributed by atoms with Crippen LogP contribution in [-0.2, 0) is 19.0 Å². The van der Waals surface area contributed by atoms with Crippen molar-refractivity contribution in [3.8, 4) is 12.3 Å². The van der Waals surface area contributed by atoms with E-state index in [1.54, 1.807) is 0 Å². The lowest BCUT2D eigenvalue weighted by atomic mass is 10.0. The Labute approximate surface area is 123 Å². The largest absolute Gasteiger partial charge is 0.375 e. The van der Waals surface area contributed by atoms with E-state index < -0.39 is 0 Å². The van der Waals surface area contributed by atoms with Crippen LogP contribution in [0.3, 0.4) is 0 Å². The standard InChI is InChI=1S/C16H28O4/c1-6-11-18-13-8-15(2,3)20-14-9-16(4,5)19-12-7-10-17/h1,10H,7-9,11-14H2,2-5H3. The van der Waals surface area contributed by atoms with Crippen molar-refractivity contribution in [1.82, 2.24) is 0 Å². The zero-order valence-corrected chi connectivity index (χ0v) is 13.2. The van der Waals surface area contributed by atoms with E-state index in [0.29, 0.717) is 32.8 Å². The van der Waals surface area contributed by atoms with E-state index in [2.05, 4.69) is 5.92 Å². The molecular weight excluding hydrogens is 256 g/mol. The molecule has 0 rings (SSSR count). The number of carbonyl (C=O) groups is 1. The van der Waals surface area contributed by atoms with E-state index in [1.807, 2.05) is 27.7 Å². The molecule has 0 aliphatic heterocycles. The smallest absolute Gasteiger partial charge is 0.122 e. The lowest BCUT2D eigenvalue weighted by Gasteiger charge is -2.29. The molecule has 4 heteroatoms. The number of ether oxygens (including phenoxy) is 3. The van der Waals surface area contributed by atoms with Crippen LogP contribution in [0.1, 0.15) is 47.0 Å². The summed E-state index contributed by atoms with van der Waals surface area (Å²) in [6.07, 6.45) is 7.99. The molecule has 0 heterocycles. The number of hydrogen-bond acceptors (Lipinski definition) is 4. The second kappa shape index (κ2) is 9.93. The van der Waals surface area contributed by atoms with Crippen LogP contribution in [0.15, 0.2) is 0 Å². The van der Waals surface area contributed by atoms with Crippen molar-refractivity contribution in [2.45, 2.75) is 58.2 Å². The molecule has 0 aliphatic rings. The normalized spacial score (nSPS) is 12.2. The molecule has 116 valence electrons. The van der Waals surface area contributed by atoms with E-state index in [1.165, 1.54) is 0 Å². The van der Waals surface area contributed by atoms with Crippen LogP contribution in [-0.4, -0.2) is 43.9 Å². The predicted octanol–water partition coefficient (Wildman–Crippen LogP) is 2.60. The molecule has 0 N–H and O–H groups in total. The zero-order valence-electron chi connectivity index (χ0n) is 13.2. The number of aldehydes is 1. The first-order valence-corrected chi connectivity index (χ1v) is 7.06. The van der Waals surface area contributed by atoms with Gasteiger partial charge in [-0.3, -0.25) is 0 Å². The van der Waals surface area contributed by atoms with Crippen LogP contribution in [0.2, 0.25) is 0 Å². The maximum atomic E-state index is 10.3. The first-order chi connectivity index (χ1) is 9.33. The fourth-order valence-electron chi connectivity index (χ4n) is 1.55. The summed E-state index contributed by atoms with van der Waals surface area (Å²) in [5, 5.41) is 0. The van der Waals surface area contributed by atoms with Gasteiger partial charge in [0.25, 0.3) is 0 Å². The molecular formula is C16H28O4. The quantitative estimate of drug-likeness (QED) is 0.314. The first-order valence-electron chi connectivity index (χ1n) is 7.06. The molecule has 0 spiro atoms. The van der Waals surface area contributed by atoms with Gasteiger partial charge in [0.1, 0.15) is 12.9 Å². The maximum absolute atomic E-state index is 10.3. The summed E-state index contributed by atoms with van der Waals surface area (Å²) >= 11 is 0. The molecule has 0 amide bonds. The average Bonchev–Trinajstić information content (AvgIpc) is 2.34. The van der Waals surface area contributed by atoms with Crippen LogP contribution in [0, 0.1) is 12.3 Å². The molecule has 0 aliphatic carbocycles. The minimum Gasteiger partial charge on any atom is -0.375 e. The summed E-state index contributed by atoms with van der Waals surface area (Å²) in [6, 6.07) is 0. The van der Waals surface area contributed by atoms with Gasteiger partial charge in [0.15, 0.2) is 0 Å². The van der Waals surface area contributed by atoms with Crippen molar-refractivity contribution < 1.29 is 19.0 Å². The van der Waals surface area contributed by atoms with Crippen molar-refractivity contribution in [3.05, 3.63) is 0 Å². The molecule has 0 aromatic heterocycles. The summed E-state index contributed by atoms with van der Waals surface area (Å²) < 4.78 is 16.8. The number of terminal acetylenes is 1. The molecule has 4 nitrogen and oxygen atoms in total. The zero-order chi connectivity index (χ0) is 15.5. The fourth-order valence-corrected chi connectivity index (χ4v) is 1.55. The van der Waals surface area contributed by atoms with Crippen molar-refractivity contribution in [2.75, 3.05) is 26.4 Å². The highest BCUT2D eigenvalue weighted by Crippen LogP contribution is 2.19. The summed E-state index contributed by atoms with van der Waals surface area (Å²) in [7, 11) is 0. The van der Waals surface area contributed by atoms with Crippen molar-refractivity contribution in [1.29, 1.82) is 0 Å². The van der Waals surface area contributed by atoms with Gasteiger partial charge in [-0.1, -0.05) is 5.92 Å². The fraction of sp³-hybridized carbons (Fsp3) is 0.812. The topological polar surface area (TPSA) is 44.8 Å². The molecule has 0 aromatic carbocycles. The van der Waals surface area contributed by atoms with E-state index in [0.717, 1.165) is 19.1 Å². The van der Waals surface area contributed by atoms with Gasteiger partial charge in [-0.05, 0) is 40.5 Å². The van der Waals surface area contributed by atoms with Crippen LogP contribution >= 0.6 is 0 Å². The van der Waals surface area contributed by atoms with E-state index in [4.69, 9.17) is 20.6 Å². The molecule has 0 saturated heterocycles. The summed E-state index contributed by atoms with van der Waals surface area (Å²) in [4.78, 5) is 10.3. The molecule has 0 saturated carbocycles. The maximum Gasteiger partial charge on any atom is 0.122 e. The Balaban J connectivity index is 3.84. The lowest BCUT2D eigenvalue weighted by Crippen LogP contribution is -2.32. The van der Waals surface area contributed by atoms with Gasteiger partial charge in [-0.25, -0.2) is 0 Å². The minimum absolute atomic E-state index is 0.243. The highest BCUT2D eigenvalue weighted by atomic mass is 16.5. The number of rotatable bonds is 12.